The third kappa shape index (κ3) is 2.03. The van der Waals surface area contributed by atoms with Gasteiger partial charge in [0, 0.05) is 24.1 Å². The fourth-order valence-corrected chi connectivity index (χ4v) is 1.79. The van der Waals surface area contributed by atoms with E-state index >= 15 is 0 Å². The van der Waals surface area contributed by atoms with Gasteiger partial charge in [-0.15, -0.1) is 0 Å². The molecule has 0 aromatic rings. The summed E-state index contributed by atoms with van der Waals surface area (Å²) in [6.07, 6.45) is 1.13. The lowest BCUT2D eigenvalue weighted by Crippen LogP contribution is -2.53. The van der Waals surface area contributed by atoms with Crippen LogP contribution in [0.2, 0.25) is 0 Å². The van der Waals surface area contributed by atoms with E-state index in [1.165, 1.54) is 0 Å². The SMILES string of the molecule is CC1(CNC2(C)CCOC2)COC1. The van der Waals surface area contributed by atoms with Gasteiger partial charge in [0.2, 0.25) is 0 Å². The predicted octanol–water partition coefficient (Wildman–Crippen LogP) is 0.791. The lowest BCUT2D eigenvalue weighted by molar-refractivity contribution is -0.102. The number of rotatable bonds is 3. The topological polar surface area (TPSA) is 30.5 Å². The van der Waals surface area contributed by atoms with Gasteiger partial charge in [-0.05, 0) is 13.3 Å². The second-order valence-corrected chi connectivity index (χ2v) is 5.02. The van der Waals surface area contributed by atoms with Crippen molar-refractivity contribution in [3.8, 4) is 0 Å². The third-order valence-electron chi connectivity index (χ3n) is 3.06. The van der Waals surface area contributed by atoms with Crippen molar-refractivity contribution in [1.82, 2.24) is 5.32 Å². The highest BCUT2D eigenvalue weighted by Gasteiger charge is 2.37. The molecule has 3 heteroatoms. The molecule has 2 heterocycles. The largest absolute Gasteiger partial charge is 0.380 e. The summed E-state index contributed by atoms with van der Waals surface area (Å²) in [6.45, 7) is 9.10. The quantitative estimate of drug-likeness (QED) is 0.705. The average molecular weight is 185 g/mol. The zero-order valence-corrected chi connectivity index (χ0v) is 8.56. The van der Waals surface area contributed by atoms with E-state index in [0.29, 0.717) is 5.41 Å². The second kappa shape index (κ2) is 3.23. The second-order valence-electron chi connectivity index (χ2n) is 5.02. The van der Waals surface area contributed by atoms with Crippen LogP contribution < -0.4 is 5.32 Å². The summed E-state index contributed by atoms with van der Waals surface area (Å²) in [7, 11) is 0. The van der Waals surface area contributed by atoms with E-state index in [2.05, 4.69) is 19.2 Å². The number of hydrogen-bond acceptors (Lipinski definition) is 3. The smallest absolute Gasteiger partial charge is 0.0646 e. The van der Waals surface area contributed by atoms with Crippen LogP contribution in [0.4, 0.5) is 0 Å². The maximum atomic E-state index is 5.38. The Kier molecular flexibility index (Phi) is 2.34. The minimum atomic E-state index is 0.207. The molecule has 2 fully saturated rings. The van der Waals surface area contributed by atoms with Crippen LogP contribution in [0.1, 0.15) is 20.3 Å². The van der Waals surface area contributed by atoms with Gasteiger partial charge in [-0.2, -0.15) is 0 Å². The van der Waals surface area contributed by atoms with Gasteiger partial charge in [-0.3, -0.25) is 0 Å². The molecule has 0 bridgehead atoms. The van der Waals surface area contributed by atoms with E-state index in [0.717, 1.165) is 39.4 Å². The molecule has 0 aliphatic carbocycles. The van der Waals surface area contributed by atoms with Crippen LogP contribution in [-0.2, 0) is 9.47 Å². The van der Waals surface area contributed by atoms with E-state index in [1.807, 2.05) is 0 Å². The lowest BCUT2D eigenvalue weighted by Gasteiger charge is -2.40. The Morgan fingerprint density at radius 2 is 1.92 bits per heavy atom. The molecule has 0 amide bonds. The highest BCUT2D eigenvalue weighted by atomic mass is 16.5. The molecule has 1 atom stereocenters. The first-order valence-corrected chi connectivity index (χ1v) is 5.03. The Labute approximate surface area is 79.8 Å². The van der Waals surface area contributed by atoms with Crippen molar-refractivity contribution in [2.45, 2.75) is 25.8 Å². The summed E-state index contributed by atoms with van der Waals surface area (Å²) < 4.78 is 10.6. The first-order chi connectivity index (χ1) is 6.12. The molecule has 0 aromatic carbocycles. The van der Waals surface area contributed by atoms with Crippen LogP contribution in [0.15, 0.2) is 0 Å². The van der Waals surface area contributed by atoms with Crippen LogP contribution in [0.25, 0.3) is 0 Å². The summed E-state index contributed by atoms with van der Waals surface area (Å²) in [6, 6.07) is 0. The maximum Gasteiger partial charge on any atom is 0.0646 e. The van der Waals surface area contributed by atoms with Gasteiger partial charge in [0.05, 0.1) is 19.8 Å². The highest BCUT2D eigenvalue weighted by Crippen LogP contribution is 2.27. The summed E-state index contributed by atoms with van der Waals surface area (Å²) in [4.78, 5) is 0. The van der Waals surface area contributed by atoms with Crippen LogP contribution in [0.5, 0.6) is 0 Å². The Hall–Kier alpha value is -0.120. The van der Waals surface area contributed by atoms with Crippen LogP contribution in [0.3, 0.4) is 0 Å². The zero-order valence-electron chi connectivity index (χ0n) is 8.56. The number of ether oxygens (including phenoxy) is 2. The Balaban J connectivity index is 1.77. The molecule has 2 saturated heterocycles. The molecule has 0 spiro atoms. The van der Waals surface area contributed by atoms with Gasteiger partial charge in [0.25, 0.3) is 0 Å². The fourth-order valence-electron chi connectivity index (χ4n) is 1.79. The Bertz CT molecular complexity index is 183. The predicted molar refractivity (Wildman–Crippen MR) is 50.8 cm³/mol. The Morgan fingerprint density at radius 3 is 2.38 bits per heavy atom. The maximum absolute atomic E-state index is 5.38. The molecule has 3 nitrogen and oxygen atoms in total. The molecule has 76 valence electrons. The Morgan fingerprint density at radius 1 is 1.15 bits per heavy atom. The average Bonchev–Trinajstić information content (AvgIpc) is 2.46. The van der Waals surface area contributed by atoms with Crippen molar-refractivity contribution in [1.29, 1.82) is 0 Å². The number of hydrogen-bond donors (Lipinski definition) is 1. The first kappa shape index (κ1) is 9.44. The van der Waals surface area contributed by atoms with Gasteiger partial charge in [-0.25, -0.2) is 0 Å². The van der Waals surface area contributed by atoms with E-state index < -0.39 is 0 Å². The highest BCUT2D eigenvalue weighted by molar-refractivity contribution is 4.91. The minimum Gasteiger partial charge on any atom is -0.380 e. The standard InChI is InChI=1S/C10H19NO2/c1-9(6-13-7-9)5-11-10(2)3-4-12-8-10/h11H,3-8H2,1-2H3. The molecule has 2 aliphatic heterocycles. The van der Waals surface area contributed by atoms with Crippen molar-refractivity contribution < 1.29 is 9.47 Å². The van der Waals surface area contributed by atoms with Crippen LogP contribution in [-0.4, -0.2) is 38.5 Å². The fraction of sp³-hybridized carbons (Fsp3) is 1.00. The van der Waals surface area contributed by atoms with Gasteiger partial charge in [0.15, 0.2) is 0 Å². The van der Waals surface area contributed by atoms with Crippen molar-refractivity contribution in [2.24, 2.45) is 5.41 Å². The summed E-state index contributed by atoms with van der Waals surface area (Å²) in [5.41, 5.74) is 0.574. The normalized spacial score (nSPS) is 37.4. The van der Waals surface area contributed by atoms with Crippen LogP contribution >= 0.6 is 0 Å². The summed E-state index contributed by atoms with van der Waals surface area (Å²) in [5.74, 6) is 0. The first-order valence-electron chi connectivity index (χ1n) is 5.03. The molecular formula is C10H19NO2. The molecule has 2 rings (SSSR count). The van der Waals surface area contributed by atoms with E-state index in [9.17, 15) is 0 Å². The van der Waals surface area contributed by atoms with E-state index in [1.54, 1.807) is 0 Å². The molecule has 2 aliphatic rings. The van der Waals surface area contributed by atoms with E-state index in [-0.39, 0.29) is 5.54 Å². The molecule has 0 saturated carbocycles. The molecule has 0 aromatic heterocycles. The zero-order chi connectivity index (χ0) is 9.36. The van der Waals surface area contributed by atoms with Crippen molar-refractivity contribution >= 4 is 0 Å². The van der Waals surface area contributed by atoms with Gasteiger partial charge < -0.3 is 14.8 Å². The van der Waals surface area contributed by atoms with Gasteiger partial charge >= 0.3 is 0 Å². The monoisotopic (exact) mass is 185 g/mol. The van der Waals surface area contributed by atoms with Gasteiger partial charge in [-0.1, -0.05) is 6.92 Å². The molecule has 1 N–H and O–H groups in total. The molecule has 13 heavy (non-hydrogen) atoms. The van der Waals surface area contributed by atoms with Crippen LogP contribution in [0, 0.1) is 5.41 Å². The minimum absolute atomic E-state index is 0.207. The summed E-state index contributed by atoms with van der Waals surface area (Å²) in [5, 5.41) is 3.60. The lowest BCUT2D eigenvalue weighted by atomic mass is 9.87. The molecular weight excluding hydrogens is 166 g/mol. The van der Waals surface area contributed by atoms with E-state index in [4.69, 9.17) is 9.47 Å². The molecule has 1 unspecified atom stereocenters. The van der Waals surface area contributed by atoms with Crippen molar-refractivity contribution in [3.05, 3.63) is 0 Å². The molecule has 0 radical (unpaired) electrons. The number of nitrogens with one attached hydrogen (secondary N) is 1. The summed E-state index contributed by atoms with van der Waals surface area (Å²) >= 11 is 0. The van der Waals surface area contributed by atoms with Gasteiger partial charge in [0.1, 0.15) is 0 Å². The van der Waals surface area contributed by atoms with Crippen molar-refractivity contribution in [2.75, 3.05) is 33.0 Å². The van der Waals surface area contributed by atoms with Crippen molar-refractivity contribution in [3.63, 3.8) is 0 Å². The third-order valence-corrected chi connectivity index (χ3v) is 3.06.